The summed E-state index contributed by atoms with van der Waals surface area (Å²) < 4.78 is 0. The number of carbonyl (C=O) groups is 3. The predicted octanol–water partition coefficient (Wildman–Crippen LogP) is 0.404. The standard InChI is InChI=1S/C13H16N2O4/c1-8(16)6-13(19)15-11(7-12(14)18)9-2-4-10(17)5-3-9/h2-5,11,17H,6-7H2,1H3,(H2,14,18)(H,15,19). The Morgan fingerprint density at radius 3 is 2.32 bits per heavy atom. The van der Waals surface area contributed by atoms with Crippen molar-refractivity contribution in [3.8, 4) is 5.75 Å². The molecule has 1 aromatic carbocycles. The van der Waals surface area contributed by atoms with Gasteiger partial charge in [0.25, 0.3) is 0 Å². The van der Waals surface area contributed by atoms with Crippen LogP contribution < -0.4 is 11.1 Å². The molecule has 0 aliphatic heterocycles. The van der Waals surface area contributed by atoms with Crippen LogP contribution in [0.2, 0.25) is 0 Å². The zero-order valence-corrected chi connectivity index (χ0v) is 10.6. The van der Waals surface area contributed by atoms with E-state index < -0.39 is 17.9 Å². The second-order valence-electron chi connectivity index (χ2n) is 4.26. The summed E-state index contributed by atoms with van der Waals surface area (Å²) in [5, 5.41) is 11.8. The van der Waals surface area contributed by atoms with Gasteiger partial charge in [0.15, 0.2) is 0 Å². The van der Waals surface area contributed by atoms with Crippen LogP contribution in [0.25, 0.3) is 0 Å². The van der Waals surface area contributed by atoms with E-state index in [4.69, 9.17) is 5.73 Å². The molecule has 0 spiro atoms. The fraction of sp³-hybridized carbons (Fsp3) is 0.308. The summed E-state index contributed by atoms with van der Waals surface area (Å²) in [7, 11) is 0. The highest BCUT2D eigenvalue weighted by Gasteiger charge is 2.17. The zero-order chi connectivity index (χ0) is 14.4. The van der Waals surface area contributed by atoms with Crippen LogP contribution in [0.5, 0.6) is 5.75 Å². The minimum atomic E-state index is -0.607. The molecule has 1 rings (SSSR count). The van der Waals surface area contributed by atoms with Crippen LogP contribution in [0.3, 0.4) is 0 Å². The molecule has 2 amide bonds. The number of hydrogen-bond acceptors (Lipinski definition) is 4. The van der Waals surface area contributed by atoms with Crippen molar-refractivity contribution in [3.05, 3.63) is 29.8 Å². The zero-order valence-electron chi connectivity index (χ0n) is 10.6. The molecule has 0 saturated heterocycles. The Morgan fingerprint density at radius 1 is 1.26 bits per heavy atom. The van der Waals surface area contributed by atoms with Gasteiger partial charge in [-0.15, -0.1) is 0 Å². The number of nitrogens with two attached hydrogens (primary N) is 1. The lowest BCUT2D eigenvalue weighted by Crippen LogP contribution is -2.32. The minimum absolute atomic E-state index is 0.0750. The summed E-state index contributed by atoms with van der Waals surface area (Å²) in [4.78, 5) is 33.4. The minimum Gasteiger partial charge on any atom is -0.508 e. The number of amides is 2. The van der Waals surface area contributed by atoms with Gasteiger partial charge in [-0.25, -0.2) is 0 Å². The van der Waals surface area contributed by atoms with Gasteiger partial charge < -0.3 is 16.2 Å². The van der Waals surface area contributed by atoms with E-state index in [9.17, 15) is 19.5 Å². The average Bonchev–Trinajstić information content (AvgIpc) is 2.27. The smallest absolute Gasteiger partial charge is 0.227 e. The molecule has 0 heterocycles. The van der Waals surface area contributed by atoms with Gasteiger partial charge in [-0.2, -0.15) is 0 Å². The van der Waals surface area contributed by atoms with Gasteiger partial charge in [-0.1, -0.05) is 12.1 Å². The van der Waals surface area contributed by atoms with Crippen LogP contribution in [-0.4, -0.2) is 22.7 Å². The van der Waals surface area contributed by atoms with Gasteiger partial charge in [0.1, 0.15) is 11.5 Å². The second-order valence-corrected chi connectivity index (χ2v) is 4.26. The number of nitrogens with one attached hydrogen (secondary N) is 1. The van der Waals surface area contributed by atoms with Crippen molar-refractivity contribution in [2.75, 3.05) is 0 Å². The number of benzene rings is 1. The highest BCUT2D eigenvalue weighted by Crippen LogP contribution is 2.19. The second kappa shape index (κ2) is 6.53. The average molecular weight is 264 g/mol. The SMILES string of the molecule is CC(=O)CC(=O)NC(CC(N)=O)c1ccc(O)cc1. The van der Waals surface area contributed by atoms with Crippen LogP contribution in [0, 0.1) is 0 Å². The van der Waals surface area contributed by atoms with Gasteiger partial charge in [-0.05, 0) is 24.6 Å². The molecule has 6 nitrogen and oxygen atoms in total. The van der Waals surface area contributed by atoms with Crippen LogP contribution in [0.15, 0.2) is 24.3 Å². The first-order chi connectivity index (χ1) is 8.88. The van der Waals surface area contributed by atoms with Gasteiger partial charge >= 0.3 is 0 Å². The number of rotatable bonds is 6. The Bertz CT molecular complexity index is 482. The highest BCUT2D eigenvalue weighted by molar-refractivity contribution is 5.97. The summed E-state index contributed by atoms with van der Waals surface area (Å²) in [5.74, 6) is -1.22. The van der Waals surface area contributed by atoms with Crippen molar-refractivity contribution in [1.82, 2.24) is 5.32 Å². The molecule has 0 bridgehead atoms. The molecule has 0 aliphatic carbocycles. The van der Waals surface area contributed by atoms with E-state index in [0.717, 1.165) is 0 Å². The van der Waals surface area contributed by atoms with E-state index in [1.165, 1.54) is 19.1 Å². The van der Waals surface area contributed by atoms with Crippen LogP contribution in [0.4, 0.5) is 0 Å². The monoisotopic (exact) mass is 264 g/mol. The normalized spacial score (nSPS) is 11.6. The van der Waals surface area contributed by atoms with E-state index in [0.29, 0.717) is 5.56 Å². The molecule has 19 heavy (non-hydrogen) atoms. The summed E-state index contributed by atoms with van der Waals surface area (Å²) >= 11 is 0. The van der Waals surface area contributed by atoms with Gasteiger partial charge in [0.05, 0.1) is 18.9 Å². The molecular formula is C13H16N2O4. The first-order valence-electron chi connectivity index (χ1n) is 5.74. The number of aromatic hydroxyl groups is 1. The van der Waals surface area contributed by atoms with Crippen molar-refractivity contribution < 1.29 is 19.5 Å². The molecule has 102 valence electrons. The van der Waals surface area contributed by atoms with Gasteiger partial charge in [0, 0.05) is 0 Å². The first-order valence-corrected chi connectivity index (χ1v) is 5.74. The molecule has 0 saturated carbocycles. The molecular weight excluding hydrogens is 248 g/mol. The maximum Gasteiger partial charge on any atom is 0.227 e. The molecule has 1 unspecified atom stereocenters. The van der Waals surface area contributed by atoms with Crippen LogP contribution >= 0.6 is 0 Å². The van der Waals surface area contributed by atoms with Crippen molar-refractivity contribution in [1.29, 1.82) is 0 Å². The lowest BCUT2D eigenvalue weighted by molar-refractivity contribution is -0.127. The maximum atomic E-state index is 11.6. The molecule has 4 N–H and O–H groups in total. The van der Waals surface area contributed by atoms with E-state index in [-0.39, 0.29) is 24.4 Å². The van der Waals surface area contributed by atoms with E-state index in [1.807, 2.05) is 0 Å². The number of primary amides is 1. The molecule has 0 radical (unpaired) electrons. The first kappa shape index (κ1) is 14.7. The highest BCUT2D eigenvalue weighted by atomic mass is 16.3. The predicted molar refractivity (Wildman–Crippen MR) is 68.1 cm³/mol. The molecule has 1 atom stereocenters. The lowest BCUT2D eigenvalue weighted by atomic mass is 10.0. The van der Waals surface area contributed by atoms with E-state index in [1.54, 1.807) is 12.1 Å². The van der Waals surface area contributed by atoms with Gasteiger partial charge in [-0.3, -0.25) is 14.4 Å². The number of Topliss-reactive ketones (excluding diaryl/α,β-unsaturated/α-hetero) is 1. The van der Waals surface area contributed by atoms with E-state index >= 15 is 0 Å². The molecule has 0 fully saturated rings. The lowest BCUT2D eigenvalue weighted by Gasteiger charge is -2.17. The summed E-state index contributed by atoms with van der Waals surface area (Å²) in [5.41, 5.74) is 5.76. The number of ketones is 1. The fourth-order valence-electron chi connectivity index (χ4n) is 1.63. The van der Waals surface area contributed by atoms with Crippen LogP contribution in [-0.2, 0) is 14.4 Å². The third kappa shape index (κ3) is 5.20. The Morgan fingerprint density at radius 2 is 1.84 bits per heavy atom. The molecule has 6 heteroatoms. The van der Waals surface area contributed by atoms with E-state index in [2.05, 4.69) is 5.32 Å². The summed E-state index contributed by atoms with van der Waals surface area (Å²) in [6.07, 6.45) is -0.318. The van der Waals surface area contributed by atoms with Gasteiger partial charge in [0.2, 0.25) is 11.8 Å². The van der Waals surface area contributed by atoms with Crippen LogP contribution in [0.1, 0.15) is 31.4 Å². The fourth-order valence-corrected chi connectivity index (χ4v) is 1.63. The number of carbonyl (C=O) groups excluding carboxylic acids is 3. The third-order valence-corrected chi connectivity index (χ3v) is 2.45. The van der Waals surface area contributed by atoms with Crippen molar-refractivity contribution >= 4 is 17.6 Å². The summed E-state index contributed by atoms with van der Waals surface area (Å²) in [6.45, 7) is 1.31. The summed E-state index contributed by atoms with van der Waals surface area (Å²) in [6, 6.07) is 5.44. The molecule has 1 aromatic rings. The number of hydrogen-bond donors (Lipinski definition) is 3. The Kier molecular flexibility index (Phi) is 5.05. The topological polar surface area (TPSA) is 109 Å². The van der Waals surface area contributed by atoms with Crippen molar-refractivity contribution in [2.45, 2.75) is 25.8 Å². The Balaban J connectivity index is 2.82. The molecule has 0 aromatic heterocycles. The number of phenolic OH excluding ortho intramolecular Hbond substituents is 1. The Hall–Kier alpha value is -2.37. The largest absolute Gasteiger partial charge is 0.508 e. The van der Waals surface area contributed by atoms with Crippen molar-refractivity contribution in [2.24, 2.45) is 5.73 Å². The quantitative estimate of drug-likeness (QED) is 0.646. The van der Waals surface area contributed by atoms with Crippen molar-refractivity contribution in [3.63, 3.8) is 0 Å². The maximum absolute atomic E-state index is 11.6. The molecule has 0 aliphatic rings. The third-order valence-electron chi connectivity index (χ3n) is 2.45. The Labute approximate surface area is 110 Å². The number of phenols is 1.